The van der Waals surface area contributed by atoms with Gasteiger partial charge in [0.15, 0.2) is 5.75 Å². The van der Waals surface area contributed by atoms with Crippen LogP contribution in [-0.4, -0.2) is 29.6 Å². The molecule has 0 aliphatic heterocycles. The van der Waals surface area contributed by atoms with Gasteiger partial charge in [0.25, 0.3) is 0 Å². The molecule has 0 bridgehead atoms. The minimum atomic E-state index is -0.632. The van der Waals surface area contributed by atoms with Crippen LogP contribution in [0.4, 0.5) is 14.5 Å². The smallest absolute Gasteiger partial charge is 0.228 e. The molecule has 0 radical (unpaired) electrons. The van der Waals surface area contributed by atoms with E-state index in [0.29, 0.717) is 29.4 Å². The highest BCUT2D eigenvalue weighted by molar-refractivity contribution is 5.96. The van der Waals surface area contributed by atoms with Crippen molar-refractivity contribution in [3.63, 3.8) is 0 Å². The van der Waals surface area contributed by atoms with Crippen molar-refractivity contribution in [1.29, 1.82) is 0 Å². The van der Waals surface area contributed by atoms with Crippen molar-refractivity contribution >= 4 is 11.6 Å². The number of nitrogens with one attached hydrogen (secondary N) is 1. The van der Waals surface area contributed by atoms with Crippen LogP contribution in [0.15, 0.2) is 54.7 Å². The van der Waals surface area contributed by atoms with E-state index in [-0.39, 0.29) is 30.8 Å². The number of carbonyl (C=O) groups is 1. The summed E-state index contributed by atoms with van der Waals surface area (Å²) >= 11 is 0. The lowest BCUT2D eigenvalue weighted by molar-refractivity contribution is -0.117. The first-order valence-electron chi connectivity index (χ1n) is 10.2. The number of rotatable bonds is 8. The quantitative estimate of drug-likeness (QED) is 0.570. The molecular weight excluding hydrogens is 416 g/mol. The highest BCUT2D eigenvalue weighted by Gasteiger charge is 2.60. The lowest BCUT2D eigenvalue weighted by Gasteiger charge is -2.20. The number of hydrogen-bond donors (Lipinski definition) is 1. The zero-order chi connectivity index (χ0) is 22.7. The summed E-state index contributed by atoms with van der Waals surface area (Å²) in [4.78, 5) is 21.5. The number of nitrogens with zero attached hydrogens (tertiary/aromatic N) is 2. The van der Waals surface area contributed by atoms with Crippen molar-refractivity contribution in [3.8, 4) is 5.75 Å². The predicted octanol–water partition coefficient (Wildman–Crippen LogP) is 4.19. The van der Waals surface area contributed by atoms with Crippen molar-refractivity contribution in [2.24, 2.45) is 5.92 Å². The van der Waals surface area contributed by atoms with Crippen LogP contribution in [0.1, 0.15) is 23.5 Å². The lowest BCUT2D eigenvalue weighted by Crippen LogP contribution is -2.27. The Hall–Kier alpha value is -3.39. The zero-order valence-electron chi connectivity index (χ0n) is 17.8. The molecule has 1 fully saturated rings. The fourth-order valence-corrected chi connectivity index (χ4v) is 3.83. The second kappa shape index (κ2) is 9.00. The van der Waals surface area contributed by atoms with Crippen LogP contribution in [0.25, 0.3) is 0 Å². The van der Waals surface area contributed by atoms with Crippen molar-refractivity contribution in [2.75, 3.05) is 19.0 Å². The number of aryl methyl sites for hydroxylation is 1. The number of amides is 1. The van der Waals surface area contributed by atoms with Gasteiger partial charge in [-0.3, -0.25) is 4.79 Å². The Kier molecular flexibility index (Phi) is 6.14. The van der Waals surface area contributed by atoms with E-state index in [1.54, 1.807) is 32.4 Å². The monoisotopic (exact) mass is 439 g/mol. The number of ether oxygens (including phenoxy) is 2. The van der Waals surface area contributed by atoms with Gasteiger partial charge in [-0.15, -0.1) is 0 Å². The Morgan fingerprint density at radius 3 is 2.44 bits per heavy atom. The number of anilines is 1. The third-order valence-corrected chi connectivity index (χ3v) is 5.64. The number of hydrogen-bond acceptors (Lipinski definition) is 5. The fraction of sp³-hybridized carbons (Fsp3) is 0.292. The Morgan fingerprint density at radius 1 is 1.12 bits per heavy atom. The molecule has 166 valence electrons. The van der Waals surface area contributed by atoms with Gasteiger partial charge in [-0.25, -0.2) is 18.7 Å². The SMILES string of the molecule is COCc1nc(C)ncc1OCC1(c2ccc(F)cc2)CC1C(=O)Nc1ccc(F)cc1. The standard InChI is InChI=1S/C24H23F2N3O3/c1-15-27-12-22(21(28-15)13-31-2)32-14-24(16-3-5-17(25)6-4-16)11-20(24)23(30)29-19-9-7-18(26)8-10-19/h3-10,12,20H,11,13-14H2,1-2H3,(H,29,30). The average molecular weight is 439 g/mol. The number of benzene rings is 2. The summed E-state index contributed by atoms with van der Waals surface area (Å²) in [6.45, 7) is 2.22. The third kappa shape index (κ3) is 4.60. The highest BCUT2D eigenvalue weighted by Crippen LogP contribution is 2.55. The molecule has 3 aromatic rings. The summed E-state index contributed by atoms with van der Waals surface area (Å²) in [6, 6.07) is 11.7. The largest absolute Gasteiger partial charge is 0.489 e. The summed E-state index contributed by atoms with van der Waals surface area (Å²) in [6.07, 6.45) is 2.11. The molecule has 6 nitrogen and oxygen atoms in total. The molecule has 1 heterocycles. The Morgan fingerprint density at radius 2 is 1.78 bits per heavy atom. The maximum atomic E-state index is 13.5. The summed E-state index contributed by atoms with van der Waals surface area (Å²) in [5.41, 5.74) is 1.29. The molecular formula is C24H23F2N3O3. The first-order chi connectivity index (χ1) is 15.4. The first-order valence-corrected chi connectivity index (χ1v) is 10.2. The van der Waals surface area contributed by atoms with Crippen molar-refractivity contribution in [3.05, 3.63) is 83.4 Å². The van der Waals surface area contributed by atoms with Gasteiger partial charge in [-0.1, -0.05) is 12.1 Å². The summed E-state index contributed by atoms with van der Waals surface area (Å²) in [5.74, 6) is -0.260. The molecule has 0 saturated heterocycles. The molecule has 1 aliphatic rings. The molecule has 2 unspecified atom stereocenters. The second-order valence-electron chi connectivity index (χ2n) is 7.87. The Balaban J connectivity index is 1.56. The molecule has 1 aromatic heterocycles. The van der Waals surface area contributed by atoms with Gasteiger partial charge in [0.1, 0.15) is 23.2 Å². The predicted molar refractivity (Wildman–Crippen MR) is 114 cm³/mol. The minimum absolute atomic E-state index is 0.184. The maximum Gasteiger partial charge on any atom is 0.228 e. The van der Waals surface area contributed by atoms with Gasteiger partial charge >= 0.3 is 0 Å². The third-order valence-electron chi connectivity index (χ3n) is 5.64. The maximum absolute atomic E-state index is 13.5. The molecule has 1 saturated carbocycles. The van der Waals surface area contributed by atoms with Crippen LogP contribution >= 0.6 is 0 Å². The van der Waals surface area contributed by atoms with Gasteiger partial charge in [0, 0.05) is 18.2 Å². The van der Waals surface area contributed by atoms with Crippen LogP contribution in [0, 0.1) is 24.5 Å². The number of halogens is 2. The lowest BCUT2D eigenvalue weighted by atomic mass is 9.93. The van der Waals surface area contributed by atoms with E-state index in [2.05, 4.69) is 15.3 Å². The Bertz CT molecular complexity index is 1110. The van der Waals surface area contributed by atoms with Crippen LogP contribution < -0.4 is 10.1 Å². The van der Waals surface area contributed by atoms with Crippen LogP contribution in [0.2, 0.25) is 0 Å². The summed E-state index contributed by atoms with van der Waals surface area (Å²) in [7, 11) is 1.57. The highest BCUT2D eigenvalue weighted by atomic mass is 19.1. The Labute approximate surface area is 184 Å². The normalized spacial score (nSPS) is 19.4. The molecule has 1 N–H and O–H groups in total. The molecule has 1 aliphatic carbocycles. The van der Waals surface area contributed by atoms with Crippen molar-refractivity contribution in [2.45, 2.75) is 25.4 Å². The van der Waals surface area contributed by atoms with Gasteiger partial charge in [-0.2, -0.15) is 0 Å². The number of carbonyl (C=O) groups excluding carboxylic acids is 1. The minimum Gasteiger partial charge on any atom is -0.489 e. The van der Waals surface area contributed by atoms with E-state index < -0.39 is 11.3 Å². The van der Waals surface area contributed by atoms with Crippen LogP contribution in [0.3, 0.4) is 0 Å². The van der Waals surface area contributed by atoms with Gasteiger partial charge < -0.3 is 14.8 Å². The van der Waals surface area contributed by atoms with Crippen molar-refractivity contribution in [1.82, 2.24) is 9.97 Å². The average Bonchev–Trinajstić information content (AvgIpc) is 3.51. The van der Waals surface area contributed by atoms with Crippen molar-refractivity contribution < 1.29 is 23.0 Å². The summed E-state index contributed by atoms with van der Waals surface area (Å²) < 4.78 is 38.0. The van der Waals surface area contributed by atoms with E-state index in [4.69, 9.17) is 9.47 Å². The molecule has 8 heteroatoms. The van der Waals surface area contributed by atoms with Gasteiger partial charge in [0.2, 0.25) is 5.91 Å². The molecule has 4 rings (SSSR count). The second-order valence-corrected chi connectivity index (χ2v) is 7.87. The molecule has 0 spiro atoms. The van der Waals surface area contributed by atoms with E-state index in [0.717, 1.165) is 5.56 Å². The van der Waals surface area contributed by atoms with Gasteiger partial charge in [0.05, 0.1) is 25.3 Å². The molecule has 2 atom stereocenters. The number of aromatic nitrogens is 2. The first kappa shape index (κ1) is 21.8. The van der Waals surface area contributed by atoms with E-state index in [1.165, 1.54) is 36.4 Å². The topological polar surface area (TPSA) is 73.3 Å². The van der Waals surface area contributed by atoms with Crippen LogP contribution in [-0.2, 0) is 21.6 Å². The summed E-state index contributed by atoms with van der Waals surface area (Å²) in [5, 5.41) is 2.82. The molecule has 1 amide bonds. The zero-order valence-corrected chi connectivity index (χ0v) is 17.8. The van der Waals surface area contributed by atoms with E-state index in [9.17, 15) is 13.6 Å². The van der Waals surface area contributed by atoms with E-state index in [1.807, 2.05) is 0 Å². The molecule has 32 heavy (non-hydrogen) atoms. The molecule has 2 aromatic carbocycles. The fourth-order valence-electron chi connectivity index (χ4n) is 3.83. The van der Waals surface area contributed by atoms with Gasteiger partial charge in [-0.05, 0) is 55.3 Å². The number of methoxy groups -OCH3 is 1. The van der Waals surface area contributed by atoms with Crippen LogP contribution in [0.5, 0.6) is 5.75 Å². The van der Waals surface area contributed by atoms with E-state index >= 15 is 0 Å².